The van der Waals surface area contributed by atoms with Gasteiger partial charge in [0.25, 0.3) is 0 Å². The average molecular weight is 299 g/mol. The van der Waals surface area contributed by atoms with Crippen molar-refractivity contribution in [2.75, 3.05) is 13.1 Å². The van der Waals surface area contributed by atoms with Gasteiger partial charge in [0.15, 0.2) is 0 Å². The van der Waals surface area contributed by atoms with E-state index in [2.05, 4.69) is 18.7 Å². The van der Waals surface area contributed by atoms with E-state index >= 15 is 0 Å². The molecule has 1 aliphatic rings. The molecule has 3 unspecified atom stereocenters. The Kier molecular flexibility index (Phi) is 4.79. The molecule has 0 saturated carbocycles. The van der Waals surface area contributed by atoms with Gasteiger partial charge < -0.3 is 10.5 Å². The lowest BCUT2D eigenvalue weighted by molar-refractivity contribution is -0.0736. The van der Waals surface area contributed by atoms with Gasteiger partial charge in [-0.25, -0.2) is 0 Å². The van der Waals surface area contributed by atoms with Gasteiger partial charge in [0.05, 0.1) is 23.2 Å². The van der Waals surface area contributed by atoms with Gasteiger partial charge in [0, 0.05) is 18.1 Å². The van der Waals surface area contributed by atoms with E-state index in [-0.39, 0.29) is 18.2 Å². The maximum atomic E-state index is 5.94. The van der Waals surface area contributed by atoms with Gasteiger partial charge in [-0.15, -0.1) is 0 Å². The second-order valence-corrected chi connectivity index (χ2v) is 5.98. The molecule has 5 heteroatoms. The van der Waals surface area contributed by atoms with Crippen molar-refractivity contribution in [2.45, 2.75) is 32.1 Å². The highest BCUT2D eigenvalue weighted by atomic mass is 35.5. The van der Waals surface area contributed by atoms with Gasteiger partial charge in [0.2, 0.25) is 0 Å². The van der Waals surface area contributed by atoms with Gasteiger partial charge >= 0.3 is 0 Å². The fourth-order valence-electron chi connectivity index (χ4n) is 2.63. The second-order valence-electron chi connectivity index (χ2n) is 5.07. The normalized spacial score (nSPS) is 26.1. The van der Waals surface area contributed by atoms with Crippen molar-refractivity contribution in [3.05, 3.63) is 34.9 Å². The SMILES string of the molecule is CC1CN(C(C(N)=S)c2ccc(Cl)cc2)CC(C)O1. The van der Waals surface area contributed by atoms with Crippen molar-refractivity contribution >= 4 is 28.8 Å². The van der Waals surface area contributed by atoms with Crippen LogP contribution in [0.2, 0.25) is 5.02 Å². The van der Waals surface area contributed by atoms with E-state index in [0.29, 0.717) is 10.0 Å². The van der Waals surface area contributed by atoms with Crippen molar-refractivity contribution in [3.8, 4) is 0 Å². The van der Waals surface area contributed by atoms with Gasteiger partial charge in [0.1, 0.15) is 0 Å². The summed E-state index contributed by atoms with van der Waals surface area (Å²) in [6, 6.07) is 7.65. The summed E-state index contributed by atoms with van der Waals surface area (Å²) in [5, 5.41) is 0.717. The van der Waals surface area contributed by atoms with Crippen molar-refractivity contribution < 1.29 is 4.74 Å². The summed E-state index contributed by atoms with van der Waals surface area (Å²) in [7, 11) is 0. The van der Waals surface area contributed by atoms with Crippen LogP contribution < -0.4 is 5.73 Å². The molecule has 0 amide bonds. The molecule has 3 nitrogen and oxygen atoms in total. The number of morpholine rings is 1. The molecule has 2 N–H and O–H groups in total. The van der Waals surface area contributed by atoms with Crippen LogP contribution in [0, 0.1) is 0 Å². The van der Waals surface area contributed by atoms with Crippen LogP contribution in [0.5, 0.6) is 0 Å². The smallest absolute Gasteiger partial charge is 0.0948 e. The molecule has 1 aliphatic heterocycles. The maximum absolute atomic E-state index is 5.94. The molecule has 1 aromatic carbocycles. The zero-order valence-electron chi connectivity index (χ0n) is 11.2. The Balaban J connectivity index is 2.24. The summed E-state index contributed by atoms with van der Waals surface area (Å²) in [4.78, 5) is 2.77. The fraction of sp³-hybridized carbons (Fsp3) is 0.500. The minimum atomic E-state index is -0.0546. The first-order chi connectivity index (χ1) is 8.97. The largest absolute Gasteiger partial charge is 0.392 e. The third-order valence-electron chi connectivity index (χ3n) is 3.27. The number of rotatable bonds is 3. The lowest BCUT2D eigenvalue weighted by Gasteiger charge is -2.40. The lowest BCUT2D eigenvalue weighted by Crippen LogP contribution is -2.49. The van der Waals surface area contributed by atoms with Crippen LogP contribution in [0.3, 0.4) is 0 Å². The zero-order chi connectivity index (χ0) is 14.0. The molecule has 1 saturated heterocycles. The van der Waals surface area contributed by atoms with Crippen LogP contribution in [0.25, 0.3) is 0 Å². The number of hydrogen-bond acceptors (Lipinski definition) is 3. The Labute approximate surface area is 124 Å². The Bertz CT molecular complexity index is 441. The van der Waals surface area contributed by atoms with E-state index in [1.165, 1.54) is 0 Å². The number of ether oxygens (including phenoxy) is 1. The molecule has 1 fully saturated rings. The van der Waals surface area contributed by atoms with E-state index in [0.717, 1.165) is 18.7 Å². The van der Waals surface area contributed by atoms with E-state index in [9.17, 15) is 0 Å². The predicted molar refractivity (Wildman–Crippen MR) is 82.6 cm³/mol. The molecular weight excluding hydrogens is 280 g/mol. The zero-order valence-corrected chi connectivity index (χ0v) is 12.7. The van der Waals surface area contributed by atoms with Crippen molar-refractivity contribution in [2.24, 2.45) is 5.73 Å². The molecule has 0 bridgehead atoms. The molecule has 0 spiro atoms. The van der Waals surface area contributed by atoms with Gasteiger partial charge in [-0.1, -0.05) is 36.0 Å². The minimum Gasteiger partial charge on any atom is -0.392 e. The molecule has 0 aromatic heterocycles. The third kappa shape index (κ3) is 3.66. The van der Waals surface area contributed by atoms with Crippen molar-refractivity contribution in [3.63, 3.8) is 0 Å². The summed E-state index contributed by atoms with van der Waals surface area (Å²) in [5.74, 6) is 0. The van der Waals surface area contributed by atoms with Gasteiger partial charge in [-0.3, -0.25) is 4.90 Å². The number of hydrogen-bond donors (Lipinski definition) is 1. The van der Waals surface area contributed by atoms with Crippen LogP contribution in [0.4, 0.5) is 0 Å². The first kappa shape index (κ1) is 14.7. The quantitative estimate of drug-likeness (QED) is 0.871. The van der Waals surface area contributed by atoms with E-state index in [1.54, 1.807) is 0 Å². The topological polar surface area (TPSA) is 38.5 Å². The van der Waals surface area contributed by atoms with Gasteiger partial charge in [-0.2, -0.15) is 0 Å². The summed E-state index contributed by atoms with van der Waals surface area (Å²) in [6.45, 7) is 5.80. The van der Waals surface area contributed by atoms with Gasteiger partial charge in [-0.05, 0) is 31.5 Å². The fourth-order valence-corrected chi connectivity index (χ4v) is 3.04. The predicted octanol–water partition coefficient (Wildman–Crippen LogP) is 2.78. The monoisotopic (exact) mass is 298 g/mol. The highest BCUT2D eigenvalue weighted by Gasteiger charge is 2.30. The highest BCUT2D eigenvalue weighted by Crippen LogP contribution is 2.26. The Morgan fingerprint density at radius 3 is 2.32 bits per heavy atom. The summed E-state index contributed by atoms with van der Waals surface area (Å²) in [6.07, 6.45) is 0.376. The summed E-state index contributed by atoms with van der Waals surface area (Å²) < 4.78 is 5.75. The van der Waals surface area contributed by atoms with Crippen molar-refractivity contribution in [1.29, 1.82) is 0 Å². The number of nitrogens with two attached hydrogens (primary N) is 1. The van der Waals surface area contributed by atoms with Crippen LogP contribution >= 0.6 is 23.8 Å². The number of nitrogens with zero attached hydrogens (tertiary/aromatic N) is 1. The maximum Gasteiger partial charge on any atom is 0.0948 e. The van der Waals surface area contributed by atoms with Crippen molar-refractivity contribution in [1.82, 2.24) is 4.90 Å². The minimum absolute atomic E-state index is 0.0546. The number of thiocarbonyl (C=S) groups is 1. The Morgan fingerprint density at radius 1 is 1.32 bits per heavy atom. The first-order valence-electron chi connectivity index (χ1n) is 6.41. The molecule has 1 heterocycles. The molecule has 2 rings (SSSR count). The van der Waals surface area contributed by atoms with Crippen LogP contribution in [0.15, 0.2) is 24.3 Å². The van der Waals surface area contributed by atoms with Crippen LogP contribution in [-0.2, 0) is 4.74 Å². The molecule has 19 heavy (non-hydrogen) atoms. The summed E-state index contributed by atoms with van der Waals surface area (Å²) in [5.41, 5.74) is 7.03. The standard InChI is InChI=1S/C14H19ClN2OS/c1-9-7-17(8-10(2)18-9)13(14(16)19)11-3-5-12(15)6-4-11/h3-6,9-10,13H,7-8H2,1-2H3,(H2,16,19). The number of benzene rings is 1. The van der Waals surface area contributed by atoms with E-state index < -0.39 is 0 Å². The molecule has 1 aromatic rings. The van der Waals surface area contributed by atoms with Crippen LogP contribution in [0.1, 0.15) is 25.5 Å². The lowest BCUT2D eigenvalue weighted by atomic mass is 10.0. The molecular formula is C14H19ClN2OS. The van der Waals surface area contributed by atoms with E-state index in [4.69, 9.17) is 34.3 Å². The molecule has 3 atom stereocenters. The second kappa shape index (κ2) is 6.18. The first-order valence-corrected chi connectivity index (χ1v) is 7.20. The molecule has 104 valence electrons. The molecule has 0 aliphatic carbocycles. The third-order valence-corrected chi connectivity index (χ3v) is 3.74. The number of halogens is 1. The van der Waals surface area contributed by atoms with E-state index in [1.807, 2.05) is 24.3 Å². The average Bonchev–Trinajstić information content (AvgIpc) is 2.30. The Morgan fingerprint density at radius 2 is 1.84 bits per heavy atom. The Hall–Kier alpha value is -0.680. The molecule has 0 radical (unpaired) electrons. The summed E-state index contributed by atoms with van der Waals surface area (Å²) >= 11 is 11.2. The highest BCUT2D eigenvalue weighted by molar-refractivity contribution is 7.80. The van der Waals surface area contributed by atoms with Crippen LogP contribution in [-0.4, -0.2) is 35.2 Å².